The van der Waals surface area contributed by atoms with Crippen molar-refractivity contribution in [2.45, 2.75) is 0 Å². The van der Waals surface area contributed by atoms with Crippen molar-refractivity contribution in [3.05, 3.63) is 66.2 Å². The van der Waals surface area contributed by atoms with Gasteiger partial charge in [0, 0.05) is 35.4 Å². The lowest BCUT2D eigenvalue weighted by Crippen LogP contribution is -2.14. The number of halogens is 1. The summed E-state index contributed by atoms with van der Waals surface area (Å²) in [5, 5.41) is 5.79. The number of aromatic nitrogens is 1. The Kier molecular flexibility index (Phi) is 6.13. The Morgan fingerprint density at radius 3 is 2.21 bits per heavy atom. The van der Waals surface area contributed by atoms with Crippen LogP contribution in [0.4, 0.5) is 21.5 Å². The van der Waals surface area contributed by atoms with Gasteiger partial charge in [-0.2, -0.15) is 0 Å². The van der Waals surface area contributed by atoms with Crippen molar-refractivity contribution in [3.8, 4) is 17.2 Å². The zero-order valence-electron chi connectivity index (χ0n) is 16.2. The molecule has 0 radical (unpaired) electrons. The zero-order chi connectivity index (χ0) is 20.8. The summed E-state index contributed by atoms with van der Waals surface area (Å²) in [5.41, 5.74) is 1.79. The molecule has 0 bridgehead atoms. The number of rotatable bonds is 7. The number of nitrogens with zero attached hydrogens (tertiary/aromatic N) is 1. The predicted molar refractivity (Wildman–Crippen MR) is 108 cm³/mol. The van der Waals surface area contributed by atoms with E-state index >= 15 is 0 Å². The summed E-state index contributed by atoms with van der Waals surface area (Å²) in [6, 6.07) is 12.5. The number of hydrogen-bond donors (Lipinski definition) is 2. The van der Waals surface area contributed by atoms with Crippen LogP contribution >= 0.6 is 0 Å². The molecule has 0 fully saturated rings. The van der Waals surface area contributed by atoms with Crippen molar-refractivity contribution in [2.75, 3.05) is 32.0 Å². The highest BCUT2D eigenvalue weighted by atomic mass is 19.1. The fraction of sp³-hybridized carbons (Fsp3) is 0.143. The van der Waals surface area contributed by atoms with Gasteiger partial charge in [0.05, 0.1) is 21.3 Å². The van der Waals surface area contributed by atoms with E-state index in [1.807, 2.05) is 0 Å². The van der Waals surface area contributed by atoms with E-state index in [1.54, 1.807) is 36.4 Å². The lowest BCUT2D eigenvalue weighted by Gasteiger charge is -2.14. The van der Waals surface area contributed by atoms with E-state index < -0.39 is 5.91 Å². The summed E-state index contributed by atoms with van der Waals surface area (Å²) in [4.78, 5) is 16.8. The number of pyridine rings is 1. The van der Waals surface area contributed by atoms with Crippen LogP contribution in [-0.2, 0) is 0 Å². The molecule has 2 N–H and O–H groups in total. The Hall–Kier alpha value is -3.81. The van der Waals surface area contributed by atoms with Gasteiger partial charge in [-0.3, -0.25) is 9.78 Å². The molecule has 150 valence electrons. The first-order valence-corrected chi connectivity index (χ1v) is 8.64. The lowest BCUT2D eigenvalue weighted by atomic mass is 10.2. The summed E-state index contributed by atoms with van der Waals surface area (Å²) < 4.78 is 29.2. The van der Waals surface area contributed by atoms with Crippen molar-refractivity contribution in [2.24, 2.45) is 0 Å². The third kappa shape index (κ3) is 4.73. The van der Waals surface area contributed by atoms with Gasteiger partial charge in [-0.05, 0) is 30.3 Å². The van der Waals surface area contributed by atoms with E-state index in [4.69, 9.17) is 14.2 Å². The molecular weight excluding hydrogens is 377 g/mol. The van der Waals surface area contributed by atoms with Gasteiger partial charge in [0.25, 0.3) is 5.91 Å². The van der Waals surface area contributed by atoms with Crippen molar-refractivity contribution >= 4 is 23.0 Å². The molecule has 2 aromatic carbocycles. The largest absolute Gasteiger partial charge is 0.493 e. The fourth-order valence-corrected chi connectivity index (χ4v) is 2.71. The summed E-state index contributed by atoms with van der Waals surface area (Å²) in [7, 11) is 4.48. The number of benzene rings is 2. The van der Waals surface area contributed by atoms with Crippen LogP contribution in [0.25, 0.3) is 0 Å². The lowest BCUT2D eigenvalue weighted by molar-refractivity contribution is 0.102. The quantitative estimate of drug-likeness (QED) is 0.621. The molecule has 0 unspecified atom stereocenters. The van der Waals surface area contributed by atoms with Gasteiger partial charge in [-0.1, -0.05) is 6.07 Å². The van der Waals surface area contributed by atoms with Crippen LogP contribution in [0.1, 0.15) is 10.5 Å². The number of nitrogens with one attached hydrogen (secondary N) is 2. The standard InChI is InChI=1S/C21H20FN3O4/c1-27-18-11-16(12-19(28-2)20(18)29-3)25-21(26)17-10-15(7-8-23-17)24-14-6-4-5-13(22)9-14/h4-12H,1-3H3,(H,23,24)(H,25,26). The molecule has 29 heavy (non-hydrogen) atoms. The van der Waals surface area contributed by atoms with Crippen molar-refractivity contribution in [1.29, 1.82) is 0 Å². The summed E-state index contributed by atoms with van der Waals surface area (Å²) in [6.07, 6.45) is 1.49. The molecule has 1 amide bonds. The molecule has 8 heteroatoms. The monoisotopic (exact) mass is 397 g/mol. The van der Waals surface area contributed by atoms with E-state index in [2.05, 4.69) is 15.6 Å². The maximum atomic E-state index is 13.4. The number of ether oxygens (including phenoxy) is 3. The Bertz CT molecular complexity index is 1000. The maximum absolute atomic E-state index is 13.4. The maximum Gasteiger partial charge on any atom is 0.274 e. The Balaban J connectivity index is 1.81. The number of amides is 1. The highest BCUT2D eigenvalue weighted by Gasteiger charge is 2.16. The molecule has 3 aromatic rings. The Labute approximate surface area is 167 Å². The summed E-state index contributed by atoms with van der Waals surface area (Å²) in [5.74, 6) is 0.465. The molecule has 0 saturated heterocycles. The highest BCUT2D eigenvalue weighted by molar-refractivity contribution is 6.03. The van der Waals surface area contributed by atoms with Gasteiger partial charge < -0.3 is 24.8 Å². The van der Waals surface area contributed by atoms with Crippen LogP contribution in [-0.4, -0.2) is 32.2 Å². The molecule has 7 nitrogen and oxygen atoms in total. The van der Waals surface area contributed by atoms with E-state index in [0.29, 0.717) is 34.3 Å². The van der Waals surface area contributed by atoms with E-state index in [0.717, 1.165) is 0 Å². The minimum Gasteiger partial charge on any atom is -0.493 e. The fourth-order valence-electron chi connectivity index (χ4n) is 2.71. The van der Waals surface area contributed by atoms with Gasteiger partial charge in [-0.15, -0.1) is 0 Å². The molecule has 3 rings (SSSR count). The van der Waals surface area contributed by atoms with Crippen LogP contribution in [0.5, 0.6) is 17.2 Å². The van der Waals surface area contributed by atoms with Crippen LogP contribution < -0.4 is 24.8 Å². The van der Waals surface area contributed by atoms with Crippen molar-refractivity contribution < 1.29 is 23.4 Å². The van der Waals surface area contributed by atoms with Gasteiger partial charge >= 0.3 is 0 Å². The van der Waals surface area contributed by atoms with Crippen LogP contribution in [0.3, 0.4) is 0 Å². The van der Waals surface area contributed by atoms with Crippen LogP contribution in [0, 0.1) is 5.82 Å². The molecule has 0 aliphatic carbocycles. The van der Waals surface area contributed by atoms with Crippen molar-refractivity contribution in [3.63, 3.8) is 0 Å². The first-order valence-electron chi connectivity index (χ1n) is 8.64. The Morgan fingerprint density at radius 2 is 1.59 bits per heavy atom. The topological polar surface area (TPSA) is 81.7 Å². The average Bonchev–Trinajstić information content (AvgIpc) is 2.73. The molecule has 1 aromatic heterocycles. The molecular formula is C21H20FN3O4. The minimum absolute atomic E-state index is 0.181. The first-order chi connectivity index (χ1) is 14.0. The van der Waals surface area contributed by atoms with Gasteiger partial charge in [0.15, 0.2) is 11.5 Å². The van der Waals surface area contributed by atoms with Crippen LogP contribution in [0.2, 0.25) is 0 Å². The van der Waals surface area contributed by atoms with Crippen LogP contribution in [0.15, 0.2) is 54.7 Å². The molecule has 0 spiro atoms. The second-order valence-corrected chi connectivity index (χ2v) is 5.93. The molecule has 0 aliphatic rings. The van der Waals surface area contributed by atoms with E-state index in [-0.39, 0.29) is 11.5 Å². The van der Waals surface area contributed by atoms with Gasteiger partial charge in [0.2, 0.25) is 5.75 Å². The second kappa shape index (κ2) is 8.92. The smallest absolute Gasteiger partial charge is 0.274 e. The molecule has 1 heterocycles. The molecule has 0 atom stereocenters. The van der Waals surface area contributed by atoms with Gasteiger partial charge in [-0.25, -0.2) is 4.39 Å². The average molecular weight is 397 g/mol. The number of methoxy groups -OCH3 is 3. The first kappa shape index (κ1) is 19.9. The Morgan fingerprint density at radius 1 is 0.897 bits per heavy atom. The second-order valence-electron chi connectivity index (χ2n) is 5.93. The number of carbonyl (C=O) groups is 1. The highest BCUT2D eigenvalue weighted by Crippen LogP contribution is 2.40. The van der Waals surface area contributed by atoms with Crippen molar-refractivity contribution in [1.82, 2.24) is 4.98 Å². The predicted octanol–water partition coefficient (Wildman–Crippen LogP) is 4.24. The zero-order valence-corrected chi connectivity index (χ0v) is 16.2. The number of anilines is 3. The minimum atomic E-state index is -0.429. The normalized spacial score (nSPS) is 10.2. The SMILES string of the molecule is COc1cc(NC(=O)c2cc(Nc3cccc(F)c3)ccn2)cc(OC)c1OC. The summed E-state index contributed by atoms with van der Waals surface area (Å²) in [6.45, 7) is 0. The number of hydrogen-bond acceptors (Lipinski definition) is 6. The van der Waals surface area contributed by atoms with Gasteiger partial charge in [0.1, 0.15) is 11.5 Å². The van der Waals surface area contributed by atoms with E-state index in [9.17, 15) is 9.18 Å². The third-order valence-electron chi connectivity index (χ3n) is 4.03. The summed E-state index contributed by atoms with van der Waals surface area (Å²) >= 11 is 0. The molecule has 0 saturated carbocycles. The third-order valence-corrected chi connectivity index (χ3v) is 4.03. The number of carbonyl (C=O) groups excluding carboxylic acids is 1. The van der Waals surface area contributed by atoms with E-state index in [1.165, 1.54) is 39.7 Å². The molecule has 0 aliphatic heterocycles.